The van der Waals surface area contributed by atoms with Crippen molar-refractivity contribution in [2.24, 2.45) is 0 Å². The smallest absolute Gasteiger partial charge is 0.246 e. The second-order valence-corrected chi connectivity index (χ2v) is 6.01. The molecule has 7 nitrogen and oxygen atoms in total. The van der Waals surface area contributed by atoms with Crippen molar-refractivity contribution in [2.75, 3.05) is 7.05 Å². The number of benzene rings is 1. The van der Waals surface area contributed by atoms with Gasteiger partial charge in [-0.1, -0.05) is 30.3 Å². The molecule has 1 aliphatic rings. The van der Waals surface area contributed by atoms with Crippen LogP contribution in [0.3, 0.4) is 0 Å². The molecule has 0 radical (unpaired) electrons. The van der Waals surface area contributed by atoms with Gasteiger partial charge in [0.25, 0.3) is 0 Å². The van der Waals surface area contributed by atoms with E-state index in [1.807, 2.05) is 54.2 Å². The number of hydrogen-bond donors (Lipinski definition) is 0. The Morgan fingerprint density at radius 1 is 1.17 bits per heavy atom. The van der Waals surface area contributed by atoms with E-state index in [4.69, 9.17) is 0 Å². The Balaban J connectivity index is 1.71. The first-order valence-corrected chi connectivity index (χ1v) is 7.91. The lowest BCUT2D eigenvalue weighted by atomic mass is 10.0. The molecule has 1 aliphatic heterocycles. The summed E-state index contributed by atoms with van der Waals surface area (Å²) in [4.78, 5) is 14.5. The van der Waals surface area contributed by atoms with Crippen LogP contribution in [0.4, 0.5) is 0 Å². The molecule has 3 aromatic rings. The van der Waals surface area contributed by atoms with Crippen LogP contribution in [-0.4, -0.2) is 42.4 Å². The van der Waals surface area contributed by atoms with Crippen molar-refractivity contribution in [3.63, 3.8) is 0 Å². The van der Waals surface area contributed by atoms with Crippen molar-refractivity contribution in [3.05, 3.63) is 66.0 Å². The van der Waals surface area contributed by atoms with E-state index in [0.717, 1.165) is 17.2 Å². The second-order valence-electron chi connectivity index (χ2n) is 6.01. The van der Waals surface area contributed by atoms with Gasteiger partial charge in [-0.25, -0.2) is 0 Å². The lowest BCUT2D eigenvalue weighted by molar-refractivity contribution is -0.136. The molecule has 0 aliphatic carbocycles. The Kier molecular flexibility index (Phi) is 3.60. The molecule has 0 N–H and O–H groups in total. The quantitative estimate of drug-likeness (QED) is 0.725. The van der Waals surface area contributed by atoms with Crippen LogP contribution in [0, 0.1) is 0 Å². The van der Waals surface area contributed by atoms with E-state index in [-0.39, 0.29) is 11.9 Å². The molecule has 1 amide bonds. The van der Waals surface area contributed by atoms with E-state index in [1.54, 1.807) is 15.8 Å². The highest BCUT2D eigenvalue weighted by atomic mass is 16.2. The van der Waals surface area contributed by atoms with E-state index in [2.05, 4.69) is 15.3 Å². The topological polar surface area (TPSA) is 68.8 Å². The number of aromatic nitrogens is 5. The lowest BCUT2D eigenvalue weighted by Crippen LogP contribution is -2.42. The van der Waals surface area contributed by atoms with E-state index in [0.29, 0.717) is 19.5 Å². The minimum atomic E-state index is -0.318. The molecule has 24 heavy (non-hydrogen) atoms. The van der Waals surface area contributed by atoms with Crippen molar-refractivity contribution < 1.29 is 4.79 Å². The summed E-state index contributed by atoms with van der Waals surface area (Å²) in [6.45, 7) is 0.985. The average Bonchev–Trinajstić information content (AvgIpc) is 3.23. The van der Waals surface area contributed by atoms with Gasteiger partial charge < -0.3 is 4.90 Å². The third kappa shape index (κ3) is 2.58. The molecule has 0 bridgehead atoms. The van der Waals surface area contributed by atoms with Crippen molar-refractivity contribution in [1.29, 1.82) is 0 Å². The maximum atomic E-state index is 12.8. The summed E-state index contributed by atoms with van der Waals surface area (Å²) in [7, 11) is 1.81. The predicted octanol–water partition coefficient (Wildman–Crippen LogP) is 1.28. The summed E-state index contributed by atoms with van der Waals surface area (Å²) in [6.07, 6.45) is 4.24. The molecule has 7 heteroatoms. The molecule has 0 spiro atoms. The van der Waals surface area contributed by atoms with Crippen LogP contribution in [0.1, 0.15) is 23.3 Å². The van der Waals surface area contributed by atoms with Gasteiger partial charge in [0.1, 0.15) is 12.6 Å². The summed E-state index contributed by atoms with van der Waals surface area (Å²) in [6, 6.07) is 11.6. The standard InChI is InChI=1S/C17H18N6O/c1-21-11-15-19-20-16(12-22-9-5-8-18-22)23(15)14(17(21)24)10-13-6-3-2-4-7-13/h2-9,14H,10-12H2,1H3/t14-/m1/s1. The van der Waals surface area contributed by atoms with Crippen molar-refractivity contribution in [2.45, 2.75) is 25.6 Å². The largest absolute Gasteiger partial charge is 0.336 e. The minimum absolute atomic E-state index is 0.0906. The first kappa shape index (κ1) is 14.6. The molecule has 2 aromatic heterocycles. The summed E-state index contributed by atoms with van der Waals surface area (Å²) in [5.74, 6) is 1.67. The molecular formula is C17H18N6O. The number of hydrogen-bond acceptors (Lipinski definition) is 4. The highest BCUT2D eigenvalue weighted by molar-refractivity contribution is 5.81. The Bertz CT molecular complexity index is 839. The van der Waals surface area contributed by atoms with Gasteiger partial charge >= 0.3 is 0 Å². The molecule has 1 aromatic carbocycles. The van der Waals surface area contributed by atoms with Gasteiger partial charge in [-0.15, -0.1) is 10.2 Å². The molecule has 0 unspecified atom stereocenters. The fraction of sp³-hybridized carbons (Fsp3) is 0.294. The molecule has 122 valence electrons. The van der Waals surface area contributed by atoms with Gasteiger partial charge in [0.15, 0.2) is 11.6 Å². The summed E-state index contributed by atoms with van der Waals surface area (Å²) in [5, 5.41) is 12.8. The molecular weight excluding hydrogens is 304 g/mol. The first-order chi connectivity index (χ1) is 11.7. The average molecular weight is 322 g/mol. The Morgan fingerprint density at radius 2 is 2.00 bits per heavy atom. The molecule has 4 rings (SSSR count). The minimum Gasteiger partial charge on any atom is -0.336 e. The zero-order valence-electron chi connectivity index (χ0n) is 13.4. The molecule has 1 atom stereocenters. The number of carbonyl (C=O) groups is 1. The fourth-order valence-corrected chi connectivity index (χ4v) is 3.15. The number of carbonyl (C=O) groups excluding carboxylic acids is 1. The first-order valence-electron chi connectivity index (χ1n) is 7.91. The Morgan fingerprint density at radius 3 is 2.75 bits per heavy atom. The van der Waals surface area contributed by atoms with E-state index < -0.39 is 0 Å². The summed E-state index contributed by atoms with van der Waals surface area (Å²) >= 11 is 0. The lowest BCUT2D eigenvalue weighted by Gasteiger charge is -2.31. The predicted molar refractivity (Wildman–Crippen MR) is 87.0 cm³/mol. The number of likely N-dealkylation sites (N-methyl/N-ethyl adjacent to an activating group) is 1. The highest BCUT2D eigenvalue weighted by Crippen LogP contribution is 2.26. The SMILES string of the molecule is CN1Cc2nnc(Cn3cccn3)n2[C@H](Cc2ccccc2)C1=O. The number of nitrogens with zero attached hydrogens (tertiary/aromatic N) is 6. The second kappa shape index (κ2) is 5.92. The zero-order valence-corrected chi connectivity index (χ0v) is 13.4. The van der Waals surface area contributed by atoms with E-state index in [9.17, 15) is 4.79 Å². The Hall–Kier alpha value is -2.96. The van der Waals surface area contributed by atoms with Gasteiger partial charge in [-0.05, 0) is 11.6 Å². The molecule has 0 saturated heterocycles. The van der Waals surface area contributed by atoms with Gasteiger partial charge in [0.2, 0.25) is 5.91 Å². The molecule has 0 fully saturated rings. The van der Waals surface area contributed by atoms with Crippen LogP contribution in [0.25, 0.3) is 0 Å². The van der Waals surface area contributed by atoms with Gasteiger partial charge in [-0.2, -0.15) is 5.10 Å². The monoisotopic (exact) mass is 322 g/mol. The summed E-state index contributed by atoms with van der Waals surface area (Å²) < 4.78 is 3.77. The highest BCUT2D eigenvalue weighted by Gasteiger charge is 2.34. The Labute approximate surface area is 139 Å². The zero-order chi connectivity index (χ0) is 16.5. The molecule has 3 heterocycles. The van der Waals surface area contributed by atoms with Crippen molar-refractivity contribution >= 4 is 5.91 Å². The summed E-state index contributed by atoms with van der Waals surface area (Å²) in [5.41, 5.74) is 1.12. The van der Waals surface area contributed by atoms with Crippen molar-refractivity contribution in [1.82, 2.24) is 29.4 Å². The normalized spacial score (nSPS) is 17.1. The number of fused-ring (bicyclic) bond motifs is 1. The third-order valence-electron chi connectivity index (χ3n) is 4.32. The maximum Gasteiger partial charge on any atom is 0.246 e. The molecule has 0 saturated carbocycles. The van der Waals surface area contributed by atoms with Crippen LogP contribution in [0.5, 0.6) is 0 Å². The van der Waals surface area contributed by atoms with Gasteiger partial charge in [0.05, 0.1) is 6.54 Å². The van der Waals surface area contributed by atoms with Crippen molar-refractivity contribution in [3.8, 4) is 0 Å². The number of rotatable bonds is 4. The van der Waals surface area contributed by atoms with Crippen LogP contribution < -0.4 is 0 Å². The fourth-order valence-electron chi connectivity index (χ4n) is 3.15. The van der Waals surface area contributed by atoms with E-state index >= 15 is 0 Å². The van der Waals surface area contributed by atoms with Crippen LogP contribution >= 0.6 is 0 Å². The maximum absolute atomic E-state index is 12.8. The van der Waals surface area contributed by atoms with Gasteiger partial charge in [-0.3, -0.25) is 14.0 Å². The van der Waals surface area contributed by atoms with Crippen LogP contribution in [0.2, 0.25) is 0 Å². The number of amides is 1. The van der Waals surface area contributed by atoms with Gasteiger partial charge in [0, 0.05) is 25.9 Å². The third-order valence-corrected chi connectivity index (χ3v) is 4.32. The van der Waals surface area contributed by atoms with E-state index in [1.165, 1.54) is 0 Å². The van der Waals surface area contributed by atoms with Crippen LogP contribution in [-0.2, 0) is 24.3 Å². The van der Waals surface area contributed by atoms with Crippen LogP contribution in [0.15, 0.2) is 48.8 Å².